The number of benzene rings is 2. The molecule has 3 heteroatoms. The average Bonchev–Trinajstić information content (AvgIpc) is 3.16. The first-order chi connectivity index (χ1) is 14.6. The molecule has 2 aromatic carbocycles. The van der Waals surface area contributed by atoms with Crippen LogP contribution in [0.4, 0.5) is 0 Å². The zero-order valence-electron chi connectivity index (χ0n) is 19.0. The lowest BCUT2D eigenvalue weighted by molar-refractivity contribution is 0.109. The SMILES string of the molecule is CCCCCCN1CC[C@](C)(c2ccc3[nH]c(Cc4ccccc4)nc3c2)[C@@H](C)C1. The molecule has 160 valence electrons. The van der Waals surface area contributed by atoms with E-state index in [9.17, 15) is 0 Å². The third kappa shape index (κ3) is 4.62. The number of nitrogens with zero attached hydrogens (tertiary/aromatic N) is 2. The maximum Gasteiger partial charge on any atom is 0.111 e. The highest BCUT2D eigenvalue weighted by Gasteiger charge is 2.38. The quantitative estimate of drug-likeness (QED) is 0.445. The van der Waals surface area contributed by atoms with Crippen molar-refractivity contribution in [2.45, 2.75) is 64.7 Å². The first-order valence-corrected chi connectivity index (χ1v) is 11.8. The van der Waals surface area contributed by atoms with Crippen molar-refractivity contribution in [3.8, 4) is 0 Å². The van der Waals surface area contributed by atoms with E-state index in [0.29, 0.717) is 5.92 Å². The van der Waals surface area contributed by atoms with Gasteiger partial charge in [0.1, 0.15) is 5.82 Å². The minimum Gasteiger partial charge on any atom is -0.342 e. The van der Waals surface area contributed by atoms with Gasteiger partial charge in [-0.1, -0.05) is 76.4 Å². The summed E-state index contributed by atoms with van der Waals surface area (Å²) in [5, 5.41) is 0. The molecular weight excluding hydrogens is 366 g/mol. The van der Waals surface area contributed by atoms with Gasteiger partial charge in [-0.2, -0.15) is 0 Å². The van der Waals surface area contributed by atoms with Gasteiger partial charge in [0.2, 0.25) is 0 Å². The molecule has 0 radical (unpaired) electrons. The van der Waals surface area contributed by atoms with Crippen molar-refractivity contribution in [1.82, 2.24) is 14.9 Å². The molecule has 0 unspecified atom stereocenters. The van der Waals surface area contributed by atoms with Gasteiger partial charge in [0.05, 0.1) is 11.0 Å². The molecule has 0 saturated carbocycles. The van der Waals surface area contributed by atoms with Crippen LogP contribution in [0.25, 0.3) is 11.0 Å². The van der Waals surface area contributed by atoms with Crippen LogP contribution < -0.4 is 0 Å². The average molecular weight is 404 g/mol. The van der Waals surface area contributed by atoms with Crippen LogP contribution in [0.15, 0.2) is 48.5 Å². The largest absolute Gasteiger partial charge is 0.342 e. The number of likely N-dealkylation sites (tertiary alicyclic amines) is 1. The van der Waals surface area contributed by atoms with Crippen LogP contribution in [0.3, 0.4) is 0 Å². The van der Waals surface area contributed by atoms with Gasteiger partial charge in [-0.3, -0.25) is 0 Å². The third-order valence-corrected chi connectivity index (χ3v) is 7.30. The maximum absolute atomic E-state index is 4.93. The Morgan fingerprint density at radius 1 is 1.10 bits per heavy atom. The fourth-order valence-electron chi connectivity index (χ4n) is 5.00. The summed E-state index contributed by atoms with van der Waals surface area (Å²) in [6.07, 6.45) is 7.50. The van der Waals surface area contributed by atoms with E-state index in [1.165, 1.54) is 62.9 Å². The van der Waals surface area contributed by atoms with Crippen molar-refractivity contribution in [3.05, 3.63) is 65.5 Å². The van der Waals surface area contributed by atoms with Gasteiger partial charge in [0.25, 0.3) is 0 Å². The second kappa shape index (κ2) is 9.34. The zero-order valence-corrected chi connectivity index (χ0v) is 19.0. The summed E-state index contributed by atoms with van der Waals surface area (Å²) in [5.41, 5.74) is 5.23. The summed E-state index contributed by atoms with van der Waals surface area (Å²) in [7, 11) is 0. The Morgan fingerprint density at radius 2 is 1.93 bits per heavy atom. The van der Waals surface area contributed by atoms with E-state index in [1.54, 1.807) is 0 Å². The molecule has 1 fully saturated rings. The van der Waals surface area contributed by atoms with Gasteiger partial charge >= 0.3 is 0 Å². The highest BCUT2D eigenvalue weighted by molar-refractivity contribution is 5.76. The van der Waals surface area contributed by atoms with Crippen LogP contribution in [-0.4, -0.2) is 34.5 Å². The second-order valence-corrected chi connectivity index (χ2v) is 9.51. The highest BCUT2D eigenvalue weighted by Crippen LogP contribution is 2.40. The van der Waals surface area contributed by atoms with Gasteiger partial charge in [-0.05, 0) is 60.5 Å². The lowest BCUT2D eigenvalue weighted by atomic mass is 9.68. The molecule has 2 atom stereocenters. The normalized spacial score (nSPS) is 22.6. The number of imidazole rings is 1. The smallest absolute Gasteiger partial charge is 0.111 e. The minimum absolute atomic E-state index is 0.229. The molecule has 1 aromatic heterocycles. The Kier molecular flexibility index (Phi) is 6.58. The van der Waals surface area contributed by atoms with Gasteiger partial charge < -0.3 is 9.88 Å². The van der Waals surface area contributed by atoms with Crippen LogP contribution in [-0.2, 0) is 11.8 Å². The first-order valence-electron chi connectivity index (χ1n) is 11.8. The predicted molar refractivity (Wildman–Crippen MR) is 127 cm³/mol. The van der Waals surface area contributed by atoms with E-state index in [2.05, 4.69) is 79.2 Å². The first kappa shape index (κ1) is 21.1. The molecule has 4 rings (SSSR count). The van der Waals surface area contributed by atoms with Crippen LogP contribution >= 0.6 is 0 Å². The van der Waals surface area contributed by atoms with Crippen molar-refractivity contribution in [2.75, 3.05) is 19.6 Å². The van der Waals surface area contributed by atoms with E-state index in [4.69, 9.17) is 4.98 Å². The number of rotatable bonds is 8. The predicted octanol–water partition coefficient (Wildman–Crippen LogP) is 6.33. The number of nitrogens with one attached hydrogen (secondary N) is 1. The Hall–Kier alpha value is -2.13. The van der Waals surface area contributed by atoms with Crippen molar-refractivity contribution in [1.29, 1.82) is 0 Å². The van der Waals surface area contributed by atoms with E-state index < -0.39 is 0 Å². The number of hydrogen-bond donors (Lipinski definition) is 1. The van der Waals surface area contributed by atoms with Gasteiger partial charge in [-0.15, -0.1) is 0 Å². The Bertz CT molecular complexity index is 945. The summed E-state index contributed by atoms with van der Waals surface area (Å²) in [6, 6.07) is 17.5. The van der Waals surface area contributed by atoms with Gasteiger partial charge in [0.15, 0.2) is 0 Å². The summed E-state index contributed by atoms with van der Waals surface area (Å²) >= 11 is 0. The molecular formula is C27H37N3. The number of aromatic amines is 1. The van der Waals surface area contributed by atoms with Crippen molar-refractivity contribution in [3.63, 3.8) is 0 Å². The van der Waals surface area contributed by atoms with Gasteiger partial charge in [0, 0.05) is 13.0 Å². The van der Waals surface area contributed by atoms with Crippen molar-refractivity contribution in [2.24, 2.45) is 5.92 Å². The van der Waals surface area contributed by atoms with E-state index in [1.807, 2.05) is 0 Å². The lowest BCUT2D eigenvalue weighted by Gasteiger charge is -2.45. The van der Waals surface area contributed by atoms with E-state index in [-0.39, 0.29) is 5.41 Å². The molecule has 3 nitrogen and oxygen atoms in total. The molecule has 3 aromatic rings. The van der Waals surface area contributed by atoms with Crippen LogP contribution in [0.5, 0.6) is 0 Å². The Labute approximate surface area is 181 Å². The zero-order chi connectivity index (χ0) is 21.0. The molecule has 30 heavy (non-hydrogen) atoms. The standard InChI is InChI=1S/C27H37N3/c1-4-5-6-10-16-30-17-15-27(3,21(2)20-30)23-13-14-24-25(19-23)29-26(28-24)18-22-11-8-7-9-12-22/h7-9,11-14,19,21H,4-6,10,15-18,20H2,1-3H3,(H,28,29)/t21-,27-/m0/s1. The molecule has 1 saturated heterocycles. The van der Waals surface area contributed by atoms with Gasteiger partial charge in [-0.25, -0.2) is 4.98 Å². The van der Waals surface area contributed by atoms with Crippen LogP contribution in [0.1, 0.15) is 69.8 Å². The molecule has 1 N–H and O–H groups in total. The summed E-state index contributed by atoms with van der Waals surface area (Å²) < 4.78 is 0. The Morgan fingerprint density at radius 3 is 2.70 bits per heavy atom. The molecule has 0 spiro atoms. The van der Waals surface area contributed by atoms with Crippen molar-refractivity contribution >= 4 is 11.0 Å². The third-order valence-electron chi connectivity index (χ3n) is 7.30. The molecule has 0 aliphatic carbocycles. The van der Waals surface area contributed by atoms with Crippen LogP contribution in [0, 0.1) is 5.92 Å². The number of hydrogen-bond acceptors (Lipinski definition) is 2. The monoisotopic (exact) mass is 403 g/mol. The fourth-order valence-corrected chi connectivity index (χ4v) is 5.00. The minimum atomic E-state index is 0.229. The summed E-state index contributed by atoms with van der Waals surface area (Å²) in [4.78, 5) is 11.1. The second-order valence-electron chi connectivity index (χ2n) is 9.51. The number of fused-ring (bicyclic) bond motifs is 1. The summed E-state index contributed by atoms with van der Waals surface area (Å²) in [5.74, 6) is 1.70. The lowest BCUT2D eigenvalue weighted by Crippen LogP contribution is -2.47. The number of aromatic nitrogens is 2. The number of H-pyrrole nitrogens is 1. The Balaban J connectivity index is 1.46. The van der Waals surface area contributed by atoms with E-state index >= 15 is 0 Å². The summed E-state index contributed by atoms with van der Waals surface area (Å²) in [6.45, 7) is 10.9. The fraction of sp³-hybridized carbons (Fsp3) is 0.519. The molecule has 1 aliphatic heterocycles. The molecule has 2 heterocycles. The molecule has 0 bridgehead atoms. The maximum atomic E-state index is 4.93. The molecule has 0 amide bonds. The number of unbranched alkanes of at least 4 members (excludes halogenated alkanes) is 3. The highest BCUT2D eigenvalue weighted by atomic mass is 15.1. The number of piperidine rings is 1. The topological polar surface area (TPSA) is 31.9 Å². The van der Waals surface area contributed by atoms with Crippen molar-refractivity contribution < 1.29 is 0 Å². The van der Waals surface area contributed by atoms with Crippen LogP contribution in [0.2, 0.25) is 0 Å². The molecule has 1 aliphatic rings. The van der Waals surface area contributed by atoms with E-state index in [0.717, 1.165) is 23.3 Å².